The number of urea groups is 1. The highest BCUT2D eigenvalue weighted by Gasteiger charge is 2.16. The fourth-order valence-corrected chi connectivity index (χ4v) is 1.11. The van der Waals surface area contributed by atoms with Crippen LogP contribution in [0.1, 0.15) is 5.56 Å². The second-order valence-electron chi connectivity index (χ2n) is 2.86. The zero-order valence-corrected chi connectivity index (χ0v) is 9.29. The highest BCUT2D eigenvalue weighted by atomic mass is 35.5. The first-order valence-corrected chi connectivity index (χ1v) is 4.70. The first kappa shape index (κ1) is 12.8. The fourth-order valence-electron chi connectivity index (χ4n) is 0.995. The molecule has 1 aromatic rings. The summed E-state index contributed by atoms with van der Waals surface area (Å²) in [6, 6.07) is 2.16. The van der Waals surface area contributed by atoms with E-state index in [1.165, 1.54) is 17.7 Å². The molecule has 90 valence electrons. The Labute approximate surface area is 101 Å². The molecule has 2 amide bonds. The molecule has 0 aliphatic rings. The number of carbonyl (C=O) groups excluding carboxylic acids is 1. The molecule has 1 N–H and O–H groups in total. The summed E-state index contributed by atoms with van der Waals surface area (Å²) in [6.45, 7) is 3.16. The molecule has 17 heavy (non-hydrogen) atoms. The van der Waals surface area contributed by atoms with Gasteiger partial charge in [-0.25, -0.2) is 24.9 Å². The number of hydrogen-bond donors (Lipinski definition) is 1. The number of aromatic nitrogens is 1. The zero-order chi connectivity index (χ0) is 12.8. The van der Waals surface area contributed by atoms with Gasteiger partial charge in [0.25, 0.3) is 0 Å². The van der Waals surface area contributed by atoms with E-state index in [0.29, 0.717) is 10.7 Å². The van der Waals surface area contributed by atoms with Gasteiger partial charge < -0.3 is 0 Å². The number of nitro groups is 1. The maximum Gasteiger partial charge on any atom is 0.395 e. The number of carbonyl (C=O) groups is 1. The third-order valence-electron chi connectivity index (χ3n) is 1.71. The lowest BCUT2D eigenvalue weighted by molar-refractivity contribution is -0.528. The minimum absolute atomic E-state index is 0.00728. The first-order chi connectivity index (χ1) is 8.02. The molecular weight excluding hydrogens is 250 g/mol. The van der Waals surface area contributed by atoms with Crippen LogP contribution < -0.4 is 5.43 Å². The van der Waals surface area contributed by atoms with Crippen LogP contribution in [0.4, 0.5) is 4.79 Å². The maximum absolute atomic E-state index is 11.2. The van der Waals surface area contributed by atoms with Crippen molar-refractivity contribution in [2.75, 3.05) is 0 Å². The van der Waals surface area contributed by atoms with Crippen LogP contribution in [0.25, 0.3) is 0 Å². The number of hydrazine groups is 1. The predicted molar refractivity (Wildman–Crippen MR) is 59.9 cm³/mol. The van der Waals surface area contributed by atoms with Crippen molar-refractivity contribution < 1.29 is 9.83 Å². The van der Waals surface area contributed by atoms with E-state index in [0.717, 1.165) is 5.01 Å². The van der Waals surface area contributed by atoms with Gasteiger partial charge in [0.1, 0.15) is 5.15 Å². The van der Waals surface area contributed by atoms with Crippen molar-refractivity contribution in [1.82, 2.24) is 15.4 Å². The molecule has 0 atom stereocenters. The number of hydrazone groups is 1. The van der Waals surface area contributed by atoms with Gasteiger partial charge in [-0.1, -0.05) is 17.7 Å². The van der Waals surface area contributed by atoms with Crippen LogP contribution in [-0.4, -0.2) is 27.8 Å². The maximum atomic E-state index is 11.2. The van der Waals surface area contributed by atoms with E-state index >= 15 is 0 Å². The third kappa shape index (κ3) is 4.03. The van der Waals surface area contributed by atoms with E-state index in [9.17, 15) is 14.9 Å². The van der Waals surface area contributed by atoms with Crippen LogP contribution in [0.2, 0.25) is 5.15 Å². The summed E-state index contributed by atoms with van der Waals surface area (Å²) in [5.74, 6) is 0. The average Bonchev–Trinajstić information content (AvgIpc) is 2.27. The molecule has 0 spiro atoms. The highest BCUT2D eigenvalue weighted by Crippen LogP contribution is 2.08. The van der Waals surface area contributed by atoms with Crippen molar-refractivity contribution in [1.29, 1.82) is 0 Å². The molecule has 1 aromatic heterocycles. The van der Waals surface area contributed by atoms with E-state index in [4.69, 9.17) is 11.6 Å². The van der Waals surface area contributed by atoms with Crippen LogP contribution in [-0.2, 0) is 6.54 Å². The molecule has 8 nitrogen and oxygen atoms in total. The Bertz CT molecular complexity index is 435. The Balaban J connectivity index is 2.69. The smallest absolute Gasteiger partial charge is 0.244 e. The second kappa shape index (κ2) is 5.75. The summed E-state index contributed by atoms with van der Waals surface area (Å²) in [5, 5.41) is 13.6. The van der Waals surface area contributed by atoms with Gasteiger partial charge in [-0.15, -0.1) is 0 Å². The van der Waals surface area contributed by atoms with Crippen LogP contribution in [0.5, 0.6) is 0 Å². The number of halogens is 1. The third-order valence-corrected chi connectivity index (χ3v) is 1.94. The van der Waals surface area contributed by atoms with Crippen molar-refractivity contribution in [3.63, 3.8) is 0 Å². The van der Waals surface area contributed by atoms with Gasteiger partial charge in [-0.3, -0.25) is 0 Å². The molecule has 0 unspecified atom stereocenters. The molecule has 0 fully saturated rings. The zero-order valence-electron chi connectivity index (χ0n) is 8.54. The summed E-state index contributed by atoms with van der Waals surface area (Å²) in [7, 11) is 0. The summed E-state index contributed by atoms with van der Waals surface area (Å²) >= 11 is 5.58. The van der Waals surface area contributed by atoms with E-state index < -0.39 is 11.1 Å². The lowest BCUT2D eigenvalue weighted by atomic mass is 10.3. The summed E-state index contributed by atoms with van der Waals surface area (Å²) in [6.07, 6.45) is 1.43. The molecule has 1 rings (SSSR count). The molecule has 0 saturated carbocycles. The van der Waals surface area contributed by atoms with Crippen molar-refractivity contribution in [3.05, 3.63) is 39.2 Å². The van der Waals surface area contributed by atoms with Crippen molar-refractivity contribution in [2.24, 2.45) is 5.10 Å². The average molecular weight is 258 g/mol. The SMILES string of the molecule is C=NN(Cc1ccc(Cl)nc1)C(=O)N[N+](=O)[O-]. The van der Waals surface area contributed by atoms with Gasteiger partial charge in [-0.05, 0) is 17.1 Å². The standard InChI is InChI=1S/C8H8ClN5O3/c1-10-13(8(15)12-14(16)17)5-6-2-3-7(9)11-4-6/h2-4H,1,5H2,(H,12,15). The lowest BCUT2D eigenvalue weighted by Gasteiger charge is -2.13. The molecule has 0 radical (unpaired) electrons. The topological polar surface area (TPSA) is 101 Å². The van der Waals surface area contributed by atoms with Crippen molar-refractivity contribution in [2.45, 2.75) is 6.54 Å². The first-order valence-electron chi connectivity index (χ1n) is 4.32. The van der Waals surface area contributed by atoms with Gasteiger partial charge in [0.15, 0.2) is 5.03 Å². The highest BCUT2D eigenvalue weighted by molar-refractivity contribution is 6.29. The Morgan fingerprint density at radius 1 is 1.71 bits per heavy atom. The molecule has 0 aromatic carbocycles. The fraction of sp³-hybridized carbons (Fsp3) is 0.125. The predicted octanol–water partition coefficient (Wildman–Crippen LogP) is 1.05. The number of hydrogen-bond acceptors (Lipinski definition) is 5. The van der Waals surface area contributed by atoms with Gasteiger partial charge in [-0.2, -0.15) is 5.10 Å². The molecule has 0 aliphatic heterocycles. The minimum Gasteiger partial charge on any atom is -0.244 e. The monoisotopic (exact) mass is 257 g/mol. The van der Waals surface area contributed by atoms with Crippen molar-refractivity contribution >= 4 is 24.3 Å². The van der Waals surface area contributed by atoms with Gasteiger partial charge >= 0.3 is 6.03 Å². The van der Waals surface area contributed by atoms with E-state index in [1.54, 1.807) is 6.07 Å². The Morgan fingerprint density at radius 3 is 2.88 bits per heavy atom. The molecule has 0 bridgehead atoms. The number of nitrogens with one attached hydrogen (secondary N) is 1. The number of amides is 2. The largest absolute Gasteiger partial charge is 0.395 e. The number of pyridine rings is 1. The molecule has 0 saturated heterocycles. The minimum atomic E-state index is -0.986. The molecule has 9 heteroatoms. The second-order valence-corrected chi connectivity index (χ2v) is 3.25. The lowest BCUT2D eigenvalue weighted by Crippen LogP contribution is -2.39. The normalized spacial score (nSPS) is 9.47. The van der Waals surface area contributed by atoms with Gasteiger partial charge in [0.05, 0.1) is 6.54 Å². The Morgan fingerprint density at radius 2 is 2.41 bits per heavy atom. The summed E-state index contributed by atoms with van der Waals surface area (Å²) < 4.78 is 0. The van der Waals surface area contributed by atoms with Crippen LogP contribution in [0, 0.1) is 10.1 Å². The quantitative estimate of drug-likeness (QED) is 0.377. The molecular formula is C8H8ClN5O3. The molecule has 0 aliphatic carbocycles. The van der Waals surface area contributed by atoms with Crippen molar-refractivity contribution in [3.8, 4) is 0 Å². The van der Waals surface area contributed by atoms with E-state index in [2.05, 4.69) is 16.8 Å². The van der Waals surface area contributed by atoms with Crippen LogP contribution >= 0.6 is 11.6 Å². The van der Waals surface area contributed by atoms with Gasteiger partial charge in [0, 0.05) is 12.9 Å². The van der Waals surface area contributed by atoms with E-state index in [1.807, 2.05) is 0 Å². The molecule has 1 heterocycles. The summed E-state index contributed by atoms with van der Waals surface area (Å²) in [4.78, 5) is 25.1. The summed E-state index contributed by atoms with van der Waals surface area (Å²) in [5.41, 5.74) is 2.07. The van der Waals surface area contributed by atoms with Crippen LogP contribution in [0.3, 0.4) is 0 Å². The van der Waals surface area contributed by atoms with E-state index in [-0.39, 0.29) is 6.54 Å². The number of rotatable bonds is 4. The Hall–Kier alpha value is -2.22. The van der Waals surface area contributed by atoms with Gasteiger partial charge in [0.2, 0.25) is 0 Å². The van der Waals surface area contributed by atoms with Crippen LogP contribution in [0.15, 0.2) is 23.4 Å². The Kier molecular flexibility index (Phi) is 4.35. The number of nitrogens with zero attached hydrogens (tertiary/aromatic N) is 4.